The third-order valence-electron chi connectivity index (χ3n) is 15.2. The maximum atomic E-state index is 12.5. The summed E-state index contributed by atoms with van der Waals surface area (Å²) in [5, 5.41) is 23.3. The number of nitrogens with one attached hydrogen (secondary N) is 1. The third-order valence-corrected chi connectivity index (χ3v) is 15.2. The number of ether oxygens (including phenoxy) is 1. The fraction of sp³-hybridized carbons (Fsp3) is 0.909. The lowest BCUT2D eigenvalue weighted by molar-refractivity contribution is -0.143. The van der Waals surface area contributed by atoms with Gasteiger partial charge >= 0.3 is 5.97 Å². The number of amides is 1. The number of rotatable bonds is 61. The Kier molecular flexibility index (Phi) is 60.5. The minimum absolute atomic E-state index is 0.00461. The number of hydrogen-bond acceptors (Lipinski definition) is 5. The number of hydrogen-bond donors (Lipinski definition) is 3. The summed E-state index contributed by atoms with van der Waals surface area (Å²) in [7, 11) is 0. The van der Waals surface area contributed by atoms with Crippen LogP contribution in [0.25, 0.3) is 0 Å². The van der Waals surface area contributed by atoms with Crippen molar-refractivity contribution in [2.75, 3.05) is 13.2 Å². The van der Waals surface area contributed by atoms with Crippen LogP contribution in [-0.2, 0) is 14.3 Å². The molecule has 0 rings (SSSR count). The van der Waals surface area contributed by atoms with Crippen LogP contribution in [0.5, 0.6) is 0 Å². The zero-order valence-corrected chi connectivity index (χ0v) is 48.7. The van der Waals surface area contributed by atoms with E-state index in [1.807, 2.05) is 0 Å². The minimum atomic E-state index is -0.665. The molecule has 0 saturated heterocycles. The molecule has 0 spiro atoms. The van der Waals surface area contributed by atoms with E-state index < -0.39 is 12.1 Å². The highest BCUT2D eigenvalue weighted by Gasteiger charge is 2.20. The molecular weight excluding hydrogens is 887 g/mol. The fourth-order valence-electron chi connectivity index (χ4n) is 10.2. The molecule has 0 saturated carbocycles. The molecule has 0 radical (unpaired) electrons. The lowest BCUT2D eigenvalue weighted by atomic mass is 10.0. The minimum Gasteiger partial charge on any atom is -0.466 e. The summed E-state index contributed by atoms with van der Waals surface area (Å²) in [4.78, 5) is 24.5. The monoisotopic (exact) mass is 1010 g/mol. The Hall–Kier alpha value is -1.66. The molecule has 0 aromatic heterocycles. The lowest BCUT2D eigenvalue weighted by Crippen LogP contribution is -2.45. The van der Waals surface area contributed by atoms with E-state index in [9.17, 15) is 19.8 Å². The van der Waals surface area contributed by atoms with Crippen LogP contribution in [0.4, 0.5) is 0 Å². The van der Waals surface area contributed by atoms with Crippen molar-refractivity contribution in [2.45, 2.75) is 373 Å². The van der Waals surface area contributed by atoms with Gasteiger partial charge in [0.05, 0.1) is 25.4 Å². The largest absolute Gasteiger partial charge is 0.466 e. The van der Waals surface area contributed by atoms with Gasteiger partial charge in [-0.3, -0.25) is 9.59 Å². The predicted molar refractivity (Wildman–Crippen MR) is 315 cm³/mol. The van der Waals surface area contributed by atoms with Gasteiger partial charge in [-0.15, -0.1) is 0 Å². The molecule has 0 bridgehead atoms. The zero-order valence-electron chi connectivity index (χ0n) is 48.7. The van der Waals surface area contributed by atoms with Gasteiger partial charge in [0.2, 0.25) is 5.91 Å². The number of carbonyl (C=O) groups excluding carboxylic acids is 2. The van der Waals surface area contributed by atoms with Crippen molar-refractivity contribution >= 4 is 11.9 Å². The SMILES string of the molecule is CCCCC/C=C\CCCCCCCC(=O)OCCCCCCCCCCCCCC/C=C\CCCCCCCCCCCCC(=O)NC(CO)C(O)CCCCCCCCCCCCCCCCCCC. The van der Waals surface area contributed by atoms with Crippen LogP contribution in [0.1, 0.15) is 361 Å². The van der Waals surface area contributed by atoms with Crippen LogP contribution in [0.3, 0.4) is 0 Å². The quantitative estimate of drug-likeness (QED) is 0.0320. The zero-order chi connectivity index (χ0) is 52.2. The molecule has 0 aromatic carbocycles. The van der Waals surface area contributed by atoms with Gasteiger partial charge in [0.1, 0.15) is 0 Å². The van der Waals surface area contributed by atoms with Crippen molar-refractivity contribution in [1.82, 2.24) is 5.32 Å². The van der Waals surface area contributed by atoms with E-state index in [2.05, 4.69) is 43.5 Å². The van der Waals surface area contributed by atoms with Gasteiger partial charge in [-0.1, -0.05) is 295 Å². The molecule has 0 aliphatic heterocycles. The van der Waals surface area contributed by atoms with E-state index >= 15 is 0 Å². The smallest absolute Gasteiger partial charge is 0.305 e. The summed E-state index contributed by atoms with van der Waals surface area (Å²) < 4.78 is 5.47. The summed E-state index contributed by atoms with van der Waals surface area (Å²) in [6.45, 7) is 4.95. The van der Waals surface area contributed by atoms with Gasteiger partial charge in [-0.2, -0.15) is 0 Å². The second-order valence-electron chi connectivity index (χ2n) is 22.4. The van der Waals surface area contributed by atoms with Crippen molar-refractivity contribution in [3.8, 4) is 0 Å². The van der Waals surface area contributed by atoms with Crippen LogP contribution in [0.15, 0.2) is 24.3 Å². The van der Waals surface area contributed by atoms with E-state index in [1.54, 1.807) is 0 Å². The van der Waals surface area contributed by atoms with Gasteiger partial charge in [-0.25, -0.2) is 0 Å². The molecule has 3 N–H and O–H groups in total. The Morgan fingerprint density at radius 3 is 1.01 bits per heavy atom. The number of allylic oxidation sites excluding steroid dienone is 4. The number of unbranched alkanes of at least 4 members (excludes halogenated alkanes) is 46. The third kappa shape index (κ3) is 57.6. The first kappa shape index (κ1) is 70.3. The highest BCUT2D eigenvalue weighted by Crippen LogP contribution is 2.18. The molecule has 6 heteroatoms. The first-order valence-corrected chi connectivity index (χ1v) is 32.6. The Morgan fingerprint density at radius 2 is 0.653 bits per heavy atom. The van der Waals surface area contributed by atoms with E-state index in [0.717, 1.165) is 44.9 Å². The Balaban J connectivity index is 3.39. The first-order chi connectivity index (χ1) is 35.5. The van der Waals surface area contributed by atoms with Crippen LogP contribution in [-0.4, -0.2) is 47.4 Å². The maximum Gasteiger partial charge on any atom is 0.305 e. The van der Waals surface area contributed by atoms with Crippen molar-refractivity contribution < 1.29 is 24.5 Å². The van der Waals surface area contributed by atoms with Gasteiger partial charge in [0.25, 0.3) is 0 Å². The normalized spacial score (nSPS) is 12.7. The fourth-order valence-corrected chi connectivity index (χ4v) is 10.2. The van der Waals surface area contributed by atoms with Crippen molar-refractivity contribution in [2.24, 2.45) is 0 Å². The van der Waals surface area contributed by atoms with E-state index in [1.165, 1.54) is 283 Å². The average molecular weight is 1010 g/mol. The second-order valence-corrected chi connectivity index (χ2v) is 22.4. The van der Waals surface area contributed by atoms with E-state index in [-0.39, 0.29) is 18.5 Å². The molecule has 0 heterocycles. The molecule has 0 fully saturated rings. The van der Waals surface area contributed by atoms with Gasteiger partial charge < -0.3 is 20.3 Å². The molecule has 0 aliphatic carbocycles. The highest BCUT2D eigenvalue weighted by atomic mass is 16.5. The molecule has 2 atom stereocenters. The van der Waals surface area contributed by atoms with Crippen molar-refractivity contribution in [1.29, 1.82) is 0 Å². The van der Waals surface area contributed by atoms with Crippen molar-refractivity contribution in [3.05, 3.63) is 24.3 Å². The summed E-state index contributed by atoms with van der Waals surface area (Å²) in [6.07, 6.45) is 76.3. The Bertz CT molecular complexity index is 1120. The Labute approximate surface area is 450 Å². The standard InChI is InChI=1S/C66H127NO5/c1-3-5-7-9-11-13-15-17-18-29-32-35-38-42-46-50-54-58-64(69)63(62-68)67-65(70)59-55-51-47-43-39-36-33-30-27-25-23-21-19-20-22-24-26-28-31-34-37-41-45-49-53-57-61-72-66(71)60-56-52-48-44-40-16-14-12-10-8-6-4-2/h12,14,19,21,63-64,68-69H,3-11,13,15-18,20,22-62H2,1-2H3,(H,67,70)/b14-12-,21-19-. The molecule has 6 nitrogen and oxygen atoms in total. The van der Waals surface area contributed by atoms with Gasteiger partial charge in [0, 0.05) is 12.8 Å². The number of esters is 1. The molecule has 72 heavy (non-hydrogen) atoms. The average Bonchev–Trinajstić information content (AvgIpc) is 3.38. The van der Waals surface area contributed by atoms with Crippen LogP contribution in [0, 0.1) is 0 Å². The number of aliphatic hydroxyl groups is 2. The molecule has 0 aliphatic rings. The maximum absolute atomic E-state index is 12.5. The lowest BCUT2D eigenvalue weighted by Gasteiger charge is -2.22. The predicted octanol–water partition coefficient (Wildman–Crippen LogP) is 20.6. The van der Waals surface area contributed by atoms with Crippen LogP contribution >= 0.6 is 0 Å². The van der Waals surface area contributed by atoms with Crippen LogP contribution in [0.2, 0.25) is 0 Å². The second kappa shape index (κ2) is 61.9. The summed E-state index contributed by atoms with van der Waals surface area (Å²) in [5.41, 5.74) is 0. The summed E-state index contributed by atoms with van der Waals surface area (Å²) in [6, 6.07) is -0.543. The van der Waals surface area contributed by atoms with Gasteiger partial charge in [0.15, 0.2) is 0 Å². The molecule has 426 valence electrons. The highest BCUT2D eigenvalue weighted by molar-refractivity contribution is 5.76. The number of carbonyl (C=O) groups is 2. The molecular formula is C66H127NO5. The molecule has 1 amide bonds. The Morgan fingerprint density at radius 1 is 0.375 bits per heavy atom. The molecule has 2 unspecified atom stereocenters. The summed E-state index contributed by atoms with van der Waals surface area (Å²) >= 11 is 0. The summed E-state index contributed by atoms with van der Waals surface area (Å²) in [5.74, 6) is -0.0294. The number of aliphatic hydroxyl groups excluding tert-OH is 2. The van der Waals surface area contributed by atoms with Gasteiger partial charge in [-0.05, 0) is 77.0 Å². The topological polar surface area (TPSA) is 95.9 Å². The first-order valence-electron chi connectivity index (χ1n) is 32.6. The van der Waals surface area contributed by atoms with E-state index in [0.29, 0.717) is 25.9 Å². The molecule has 0 aromatic rings. The van der Waals surface area contributed by atoms with Crippen molar-refractivity contribution in [3.63, 3.8) is 0 Å². The van der Waals surface area contributed by atoms with E-state index in [4.69, 9.17) is 4.74 Å². The van der Waals surface area contributed by atoms with Crippen LogP contribution < -0.4 is 5.32 Å².